The van der Waals surface area contributed by atoms with E-state index in [1.807, 2.05) is 48.8 Å². The molecule has 0 N–H and O–H groups in total. The third kappa shape index (κ3) is 5.87. The SMILES string of the molecule is CCN(CC)c1ccc2c(c1)Oc1cc(N(CC)CC)ccc1C21c2ccccc2C(=O)N1CCN(Cc1ccccn1)Cc1ccccn1. The summed E-state index contributed by atoms with van der Waals surface area (Å²) in [6.07, 6.45) is 3.66. The van der Waals surface area contributed by atoms with Gasteiger partial charge in [-0.2, -0.15) is 0 Å². The standard InChI is InChI=1S/C42H46N6O2/c1-5-46(6-2)33-19-21-37-39(27-33)50-40-28-34(47(7-3)8-4)20-22-38(40)42(37)36-18-10-9-17-35(36)41(49)48(42)26-25-45(29-31-15-11-13-23-43-31)30-32-16-12-14-24-44-32/h9-24,27-28H,5-8,25-26,29-30H2,1-4H3. The lowest BCUT2D eigenvalue weighted by Gasteiger charge is -2.45. The largest absolute Gasteiger partial charge is 0.456 e. The molecule has 0 radical (unpaired) electrons. The van der Waals surface area contributed by atoms with Gasteiger partial charge in [0.1, 0.15) is 17.0 Å². The molecule has 3 aromatic carbocycles. The first-order chi connectivity index (χ1) is 24.5. The van der Waals surface area contributed by atoms with Crippen LogP contribution in [0.2, 0.25) is 0 Å². The first-order valence-corrected chi connectivity index (χ1v) is 17.9. The van der Waals surface area contributed by atoms with Gasteiger partial charge < -0.3 is 19.4 Å². The van der Waals surface area contributed by atoms with Crippen molar-refractivity contribution in [2.45, 2.75) is 46.3 Å². The maximum Gasteiger partial charge on any atom is 0.255 e. The van der Waals surface area contributed by atoms with Crippen molar-refractivity contribution < 1.29 is 9.53 Å². The van der Waals surface area contributed by atoms with Crippen LogP contribution in [0, 0.1) is 0 Å². The molecule has 0 fully saturated rings. The maximum atomic E-state index is 14.8. The number of nitrogens with zero attached hydrogens (tertiary/aromatic N) is 6. The molecule has 0 bridgehead atoms. The van der Waals surface area contributed by atoms with Crippen LogP contribution in [0.3, 0.4) is 0 Å². The van der Waals surface area contributed by atoms with Crippen molar-refractivity contribution in [2.75, 3.05) is 49.1 Å². The first kappa shape index (κ1) is 33.3. The normalized spacial score (nSPS) is 13.9. The van der Waals surface area contributed by atoms with Gasteiger partial charge in [0.15, 0.2) is 0 Å². The molecule has 1 spiro atoms. The highest BCUT2D eigenvalue weighted by atomic mass is 16.5. The maximum absolute atomic E-state index is 14.8. The van der Waals surface area contributed by atoms with E-state index in [0.29, 0.717) is 26.2 Å². The summed E-state index contributed by atoms with van der Waals surface area (Å²) < 4.78 is 6.89. The monoisotopic (exact) mass is 666 g/mol. The van der Waals surface area contributed by atoms with Crippen molar-refractivity contribution in [2.24, 2.45) is 0 Å². The lowest BCUT2D eigenvalue weighted by molar-refractivity contribution is 0.0628. The van der Waals surface area contributed by atoms with E-state index in [2.05, 4.69) is 118 Å². The lowest BCUT2D eigenvalue weighted by atomic mass is 9.74. The molecule has 2 aromatic heterocycles. The minimum atomic E-state index is -0.873. The molecule has 2 aliphatic rings. The van der Waals surface area contributed by atoms with Crippen molar-refractivity contribution in [3.63, 3.8) is 0 Å². The fourth-order valence-corrected chi connectivity index (χ4v) is 7.80. The molecule has 0 atom stereocenters. The van der Waals surface area contributed by atoms with Gasteiger partial charge in [-0.25, -0.2) is 0 Å². The summed E-state index contributed by atoms with van der Waals surface area (Å²) in [5, 5.41) is 0. The zero-order chi connectivity index (χ0) is 34.7. The van der Waals surface area contributed by atoms with Crippen LogP contribution in [0.5, 0.6) is 11.5 Å². The number of pyridine rings is 2. The van der Waals surface area contributed by atoms with E-state index in [1.54, 1.807) is 0 Å². The van der Waals surface area contributed by atoms with E-state index in [-0.39, 0.29) is 5.91 Å². The molecule has 4 heterocycles. The van der Waals surface area contributed by atoms with Gasteiger partial charge in [-0.1, -0.05) is 42.5 Å². The average molecular weight is 667 g/mol. The number of fused-ring (bicyclic) bond motifs is 6. The number of carbonyl (C=O) groups excluding carboxylic acids is 1. The molecule has 256 valence electrons. The number of ether oxygens (including phenoxy) is 1. The summed E-state index contributed by atoms with van der Waals surface area (Å²) in [5.74, 6) is 1.59. The van der Waals surface area contributed by atoms with E-state index in [0.717, 1.165) is 82.7 Å². The Kier molecular flexibility index (Phi) is 9.55. The number of rotatable bonds is 13. The summed E-state index contributed by atoms with van der Waals surface area (Å²) in [5.41, 5.74) is 6.97. The third-order valence-electron chi connectivity index (χ3n) is 10.2. The minimum Gasteiger partial charge on any atom is -0.456 e. The zero-order valence-corrected chi connectivity index (χ0v) is 29.5. The summed E-state index contributed by atoms with van der Waals surface area (Å²) in [4.78, 5) is 33.1. The van der Waals surface area contributed by atoms with E-state index in [9.17, 15) is 4.79 Å². The number of amides is 1. The van der Waals surface area contributed by atoms with E-state index in [4.69, 9.17) is 4.74 Å². The van der Waals surface area contributed by atoms with Crippen molar-refractivity contribution in [1.82, 2.24) is 19.8 Å². The number of hydrogen-bond acceptors (Lipinski definition) is 7. The zero-order valence-electron chi connectivity index (χ0n) is 29.5. The second-order valence-corrected chi connectivity index (χ2v) is 12.9. The lowest BCUT2D eigenvalue weighted by Crippen LogP contribution is -2.50. The van der Waals surface area contributed by atoms with E-state index < -0.39 is 5.54 Å². The van der Waals surface area contributed by atoms with Gasteiger partial charge in [-0.05, 0) is 75.7 Å². The van der Waals surface area contributed by atoms with Gasteiger partial charge in [0.25, 0.3) is 5.91 Å². The quantitative estimate of drug-likeness (QED) is 0.128. The van der Waals surface area contributed by atoms with Crippen molar-refractivity contribution in [1.29, 1.82) is 0 Å². The number of hydrogen-bond donors (Lipinski definition) is 0. The van der Waals surface area contributed by atoms with Crippen molar-refractivity contribution in [3.8, 4) is 11.5 Å². The molecule has 1 amide bonds. The molecule has 8 nitrogen and oxygen atoms in total. The Morgan fingerprint density at radius 2 is 1.16 bits per heavy atom. The van der Waals surface area contributed by atoms with Gasteiger partial charge in [0, 0.05) is 105 Å². The van der Waals surface area contributed by atoms with Crippen molar-refractivity contribution >= 4 is 17.3 Å². The Morgan fingerprint density at radius 1 is 0.640 bits per heavy atom. The first-order valence-electron chi connectivity index (χ1n) is 17.9. The van der Waals surface area contributed by atoms with Gasteiger partial charge in [0.2, 0.25) is 0 Å². The van der Waals surface area contributed by atoms with Gasteiger partial charge in [-0.3, -0.25) is 19.7 Å². The smallest absolute Gasteiger partial charge is 0.255 e. The van der Waals surface area contributed by atoms with Gasteiger partial charge in [0.05, 0.1) is 11.4 Å². The average Bonchev–Trinajstić information content (AvgIpc) is 3.40. The third-order valence-corrected chi connectivity index (χ3v) is 10.2. The van der Waals surface area contributed by atoms with Gasteiger partial charge in [-0.15, -0.1) is 0 Å². The molecule has 5 aromatic rings. The van der Waals surface area contributed by atoms with Crippen LogP contribution in [-0.2, 0) is 18.6 Å². The number of carbonyl (C=O) groups is 1. The summed E-state index contributed by atoms with van der Waals surface area (Å²) in [7, 11) is 0. The molecule has 0 aliphatic carbocycles. The van der Waals surface area contributed by atoms with Crippen LogP contribution in [0.25, 0.3) is 0 Å². The van der Waals surface area contributed by atoms with E-state index >= 15 is 0 Å². The molecule has 0 saturated carbocycles. The summed E-state index contributed by atoms with van der Waals surface area (Å²) >= 11 is 0. The Morgan fingerprint density at radius 3 is 1.66 bits per heavy atom. The highest BCUT2D eigenvalue weighted by Gasteiger charge is 2.56. The van der Waals surface area contributed by atoms with Crippen LogP contribution >= 0.6 is 0 Å². The number of anilines is 2. The molecule has 8 heteroatoms. The van der Waals surface area contributed by atoms with Crippen LogP contribution in [0.1, 0.15) is 66.1 Å². The molecular formula is C42H46N6O2. The topological polar surface area (TPSA) is 65.0 Å². The Labute approximate surface area is 296 Å². The fraction of sp³-hybridized carbons (Fsp3) is 0.310. The van der Waals surface area contributed by atoms with Crippen LogP contribution in [0.4, 0.5) is 11.4 Å². The molecule has 50 heavy (non-hydrogen) atoms. The second-order valence-electron chi connectivity index (χ2n) is 12.9. The highest BCUT2D eigenvalue weighted by Crippen LogP contribution is 2.58. The molecule has 2 aliphatic heterocycles. The predicted molar refractivity (Wildman–Crippen MR) is 200 cm³/mol. The molecule has 0 saturated heterocycles. The second kappa shape index (κ2) is 14.3. The Balaban J connectivity index is 1.37. The van der Waals surface area contributed by atoms with Crippen molar-refractivity contribution in [3.05, 3.63) is 143 Å². The number of aromatic nitrogens is 2. The van der Waals surface area contributed by atoms with E-state index in [1.165, 1.54) is 0 Å². The summed E-state index contributed by atoms with van der Waals surface area (Å²) in [6.45, 7) is 14.6. The van der Waals surface area contributed by atoms with Crippen LogP contribution in [-0.4, -0.2) is 64.9 Å². The highest BCUT2D eigenvalue weighted by molar-refractivity contribution is 6.02. The Hall–Kier alpha value is -5.21. The van der Waals surface area contributed by atoms with Crippen LogP contribution in [0.15, 0.2) is 109 Å². The minimum absolute atomic E-state index is 0.0238. The molecule has 7 rings (SSSR count). The summed E-state index contributed by atoms with van der Waals surface area (Å²) in [6, 6.07) is 33.2. The van der Waals surface area contributed by atoms with Gasteiger partial charge >= 0.3 is 0 Å². The number of benzene rings is 3. The molecular weight excluding hydrogens is 621 g/mol. The predicted octanol–water partition coefficient (Wildman–Crippen LogP) is 7.72. The van der Waals surface area contributed by atoms with Crippen LogP contribution < -0.4 is 14.5 Å². The Bertz CT molecular complexity index is 1840. The molecule has 0 unspecified atom stereocenters. The fourth-order valence-electron chi connectivity index (χ4n) is 7.80.